The standard InChI is InChI=1S/C20H22N2O6/c1-4-26-15-8-7-13(10-16(15)25-3)18-17(12(2)21-20(24)22-18)19(23)28-11-14-6-5-9-27-14/h5-10,18H,4,11H2,1-3H3,(H2,21,22,24)/t18-/m0/s1. The summed E-state index contributed by atoms with van der Waals surface area (Å²) >= 11 is 0. The smallest absolute Gasteiger partial charge is 0.338 e. The number of carbonyl (C=O) groups is 2. The number of amides is 2. The molecule has 1 atom stereocenters. The number of hydrogen-bond acceptors (Lipinski definition) is 6. The lowest BCUT2D eigenvalue weighted by Crippen LogP contribution is -2.45. The van der Waals surface area contributed by atoms with Crippen molar-refractivity contribution in [2.24, 2.45) is 0 Å². The lowest BCUT2D eigenvalue weighted by molar-refractivity contribution is -0.141. The van der Waals surface area contributed by atoms with Crippen LogP contribution in [0.1, 0.15) is 31.2 Å². The van der Waals surface area contributed by atoms with Crippen LogP contribution in [0.15, 0.2) is 52.3 Å². The SMILES string of the molecule is CCOc1ccc([C@@H]2NC(=O)NC(C)=C2C(=O)OCc2ccco2)cc1OC. The molecule has 0 saturated carbocycles. The van der Waals surface area contributed by atoms with Crippen LogP contribution >= 0.6 is 0 Å². The van der Waals surface area contributed by atoms with E-state index in [4.69, 9.17) is 18.6 Å². The number of carbonyl (C=O) groups excluding carboxylic acids is 2. The first-order chi connectivity index (χ1) is 13.5. The Morgan fingerprint density at radius 1 is 1.25 bits per heavy atom. The number of ether oxygens (including phenoxy) is 3. The molecule has 0 fully saturated rings. The zero-order valence-electron chi connectivity index (χ0n) is 15.9. The molecule has 28 heavy (non-hydrogen) atoms. The molecule has 1 aliphatic heterocycles. The fraction of sp³-hybridized carbons (Fsp3) is 0.300. The van der Waals surface area contributed by atoms with Gasteiger partial charge in [0, 0.05) is 5.70 Å². The van der Waals surface area contributed by atoms with Crippen LogP contribution in [0.2, 0.25) is 0 Å². The normalized spacial score (nSPS) is 16.2. The van der Waals surface area contributed by atoms with Crippen LogP contribution in [0.4, 0.5) is 4.79 Å². The molecule has 8 nitrogen and oxygen atoms in total. The zero-order valence-corrected chi connectivity index (χ0v) is 15.9. The highest BCUT2D eigenvalue weighted by Gasteiger charge is 2.33. The summed E-state index contributed by atoms with van der Waals surface area (Å²) < 4.78 is 21.5. The number of hydrogen-bond donors (Lipinski definition) is 2. The van der Waals surface area contributed by atoms with Gasteiger partial charge >= 0.3 is 12.0 Å². The van der Waals surface area contributed by atoms with Gasteiger partial charge in [-0.1, -0.05) is 6.07 Å². The van der Waals surface area contributed by atoms with Crippen molar-refractivity contribution in [3.8, 4) is 11.5 Å². The van der Waals surface area contributed by atoms with Crippen molar-refractivity contribution >= 4 is 12.0 Å². The minimum absolute atomic E-state index is 0.00409. The number of nitrogens with one attached hydrogen (secondary N) is 2. The lowest BCUT2D eigenvalue weighted by atomic mass is 9.95. The highest BCUT2D eigenvalue weighted by atomic mass is 16.5. The number of rotatable bonds is 7. The lowest BCUT2D eigenvalue weighted by Gasteiger charge is -2.28. The summed E-state index contributed by atoms with van der Waals surface area (Å²) in [6.07, 6.45) is 1.51. The third-order valence-electron chi connectivity index (χ3n) is 4.24. The third-order valence-corrected chi connectivity index (χ3v) is 4.24. The predicted octanol–water partition coefficient (Wildman–Crippen LogP) is 3.06. The molecule has 0 spiro atoms. The van der Waals surface area contributed by atoms with Gasteiger partial charge in [0.05, 0.1) is 31.6 Å². The van der Waals surface area contributed by atoms with Crippen molar-refractivity contribution in [2.75, 3.05) is 13.7 Å². The Labute approximate surface area is 162 Å². The predicted molar refractivity (Wildman–Crippen MR) is 99.8 cm³/mol. The highest BCUT2D eigenvalue weighted by Crippen LogP contribution is 2.34. The summed E-state index contributed by atoms with van der Waals surface area (Å²) in [5.41, 5.74) is 1.39. The van der Waals surface area contributed by atoms with Crippen LogP contribution in [-0.2, 0) is 16.1 Å². The van der Waals surface area contributed by atoms with E-state index >= 15 is 0 Å². The van der Waals surface area contributed by atoms with Crippen molar-refractivity contribution in [3.05, 3.63) is 59.2 Å². The van der Waals surface area contributed by atoms with Gasteiger partial charge in [-0.2, -0.15) is 0 Å². The molecule has 2 heterocycles. The van der Waals surface area contributed by atoms with Crippen LogP contribution in [0.5, 0.6) is 11.5 Å². The van der Waals surface area contributed by atoms with Gasteiger partial charge in [-0.15, -0.1) is 0 Å². The van der Waals surface area contributed by atoms with E-state index in [1.165, 1.54) is 13.4 Å². The molecular formula is C20H22N2O6. The first kappa shape index (κ1) is 19.3. The van der Waals surface area contributed by atoms with Crippen molar-refractivity contribution in [1.82, 2.24) is 10.6 Å². The Hall–Kier alpha value is -3.42. The van der Waals surface area contributed by atoms with Crippen molar-refractivity contribution in [2.45, 2.75) is 26.5 Å². The van der Waals surface area contributed by atoms with E-state index in [-0.39, 0.29) is 6.61 Å². The van der Waals surface area contributed by atoms with E-state index < -0.39 is 18.0 Å². The van der Waals surface area contributed by atoms with E-state index in [0.717, 1.165) is 0 Å². The number of esters is 1. The van der Waals surface area contributed by atoms with E-state index in [1.54, 1.807) is 37.3 Å². The maximum absolute atomic E-state index is 12.7. The topological polar surface area (TPSA) is 99.0 Å². The number of methoxy groups -OCH3 is 1. The van der Waals surface area contributed by atoms with E-state index in [2.05, 4.69) is 10.6 Å². The summed E-state index contributed by atoms with van der Waals surface area (Å²) in [4.78, 5) is 24.8. The molecule has 0 unspecified atom stereocenters. The maximum atomic E-state index is 12.7. The van der Waals surface area contributed by atoms with Crippen LogP contribution in [0, 0.1) is 0 Å². The van der Waals surface area contributed by atoms with E-state index in [0.29, 0.717) is 40.7 Å². The fourth-order valence-electron chi connectivity index (χ4n) is 2.96. The molecule has 2 aromatic rings. The molecule has 1 aromatic carbocycles. The monoisotopic (exact) mass is 386 g/mol. The molecule has 3 rings (SSSR count). The van der Waals surface area contributed by atoms with Crippen molar-refractivity contribution in [1.29, 1.82) is 0 Å². The zero-order chi connectivity index (χ0) is 20.1. The van der Waals surface area contributed by atoms with Crippen LogP contribution in [0.25, 0.3) is 0 Å². The molecular weight excluding hydrogens is 364 g/mol. The molecule has 0 aliphatic carbocycles. The Balaban J connectivity index is 1.89. The van der Waals surface area contributed by atoms with E-state index in [9.17, 15) is 9.59 Å². The summed E-state index contributed by atoms with van der Waals surface area (Å²) in [7, 11) is 1.53. The van der Waals surface area contributed by atoms with Gasteiger partial charge in [-0.25, -0.2) is 9.59 Å². The number of urea groups is 1. The Morgan fingerprint density at radius 3 is 2.75 bits per heavy atom. The van der Waals surface area contributed by atoms with Crippen LogP contribution in [-0.4, -0.2) is 25.7 Å². The molecule has 8 heteroatoms. The van der Waals surface area contributed by atoms with Gasteiger partial charge in [0.2, 0.25) is 0 Å². The molecule has 1 aliphatic rings. The third kappa shape index (κ3) is 4.11. The van der Waals surface area contributed by atoms with Gasteiger partial charge < -0.3 is 29.3 Å². The quantitative estimate of drug-likeness (QED) is 0.710. The van der Waals surface area contributed by atoms with Crippen molar-refractivity contribution in [3.63, 3.8) is 0 Å². The number of furan rings is 1. The van der Waals surface area contributed by atoms with Crippen LogP contribution in [0.3, 0.4) is 0 Å². The van der Waals surface area contributed by atoms with Gasteiger partial charge in [0.25, 0.3) is 0 Å². The van der Waals surface area contributed by atoms with Gasteiger partial charge in [-0.3, -0.25) is 0 Å². The fourth-order valence-corrected chi connectivity index (χ4v) is 2.96. The second kappa shape index (κ2) is 8.51. The Kier molecular flexibility index (Phi) is 5.88. The average Bonchev–Trinajstić information content (AvgIpc) is 3.19. The number of allylic oxidation sites excluding steroid dienone is 1. The molecule has 0 radical (unpaired) electrons. The van der Waals surface area contributed by atoms with E-state index in [1.807, 2.05) is 6.92 Å². The minimum Gasteiger partial charge on any atom is -0.493 e. The summed E-state index contributed by atoms with van der Waals surface area (Å²) in [5.74, 6) is 1.06. The second-order valence-corrected chi connectivity index (χ2v) is 6.07. The first-order valence-corrected chi connectivity index (χ1v) is 8.82. The molecule has 148 valence electrons. The van der Waals surface area contributed by atoms with Crippen LogP contribution < -0.4 is 20.1 Å². The molecule has 2 amide bonds. The minimum atomic E-state index is -0.692. The van der Waals surface area contributed by atoms with Gasteiger partial charge in [0.1, 0.15) is 12.4 Å². The maximum Gasteiger partial charge on any atom is 0.338 e. The molecule has 1 aromatic heterocycles. The summed E-state index contributed by atoms with van der Waals surface area (Å²) in [6, 6.07) is 7.58. The number of benzene rings is 1. The second-order valence-electron chi connectivity index (χ2n) is 6.07. The molecule has 0 saturated heterocycles. The first-order valence-electron chi connectivity index (χ1n) is 8.82. The molecule has 2 N–H and O–H groups in total. The van der Waals surface area contributed by atoms with Gasteiger partial charge in [0.15, 0.2) is 11.5 Å². The largest absolute Gasteiger partial charge is 0.493 e. The average molecular weight is 386 g/mol. The Morgan fingerprint density at radius 2 is 2.07 bits per heavy atom. The highest BCUT2D eigenvalue weighted by molar-refractivity contribution is 5.95. The summed E-state index contributed by atoms with van der Waals surface area (Å²) in [5, 5.41) is 5.37. The van der Waals surface area contributed by atoms with Crippen molar-refractivity contribution < 1.29 is 28.2 Å². The van der Waals surface area contributed by atoms with Gasteiger partial charge in [-0.05, 0) is 43.7 Å². The Bertz CT molecular complexity index is 888. The molecule has 0 bridgehead atoms. The summed E-state index contributed by atoms with van der Waals surface area (Å²) in [6.45, 7) is 4.01.